The van der Waals surface area contributed by atoms with E-state index in [-0.39, 0.29) is 5.91 Å². The zero-order chi connectivity index (χ0) is 18.8. The van der Waals surface area contributed by atoms with E-state index in [0.717, 1.165) is 38.3 Å². The van der Waals surface area contributed by atoms with E-state index in [2.05, 4.69) is 33.0 Å². The number of carbonyl (C=O) groups is 1. The maximum absolute atomic E-state index is 12.2. The van der Waals surface area contributed by atoms with Crippen LogP contribution in [0.5, 0.6) is 5.75 Å². The molecule has 3 atom stereocenters. The molecule has 142 valence electrons. The Kier molecular flexibility index (Phi) is 5.12. The molecule has 1 aromatic heterocycles. The lowest BCUT2D eigenvalue weighted by molar-refractivity contribution is -0.130. The number of fused-ring (bicyclic) bond motifs is 1. The van der Waals surface area contributed by atoms with Crippen LogP contribution in [0, 0.1) is 5.92 Å². The average Bonchev–Trinajstić information content (AvgIpc) is 3.08. The van der Waals surface area contributed by atoms with Crippen LogP contribution in [0.3, 0.4) is 0 Å². The summed E-state index contributed by atoms with van der Waals surface area (Å²) in [5, 5.41) is 0. The molecule has 2 saturated heterocycles. The van der Waals surface area contributed by atoms with Gasteiger partial charge in [0.25, 0.3) is 0 Å². The molecule has 27 heavy (non-hydrogen) atoms. The summed E-state index contributed by atoms with van der Waals surface area (Å²) in [4.78, 5) is 21.1. The minimum absolute atomic E-state index is 0.196. The predicted octanol–water partition coefficient (Wildman–Crippen LogP) is 2.93. The number of nitrogens with zero attached hydrogens (tertiary/aromatic N) is 3. The minimum atomic E-state index is 0.196. The number of piperidine rings is 1. The molecule has 1 amide bonds. The van der Waals surface area contributed by atoms with Crippen molar-refractivity contribution in [2.24, 2.45) is 5.92 Å². The maximum Gasteiger partial charge on any atom is 0.219 e. The van der Waals surface area contributed by atoms with Crippen molar-refractivity contribution in [3.8, 4) is 5.75 Å². The second-order valence-corrected chi connectivity index (χ2v) is 7.67. The van der Waals surface area contributed by atoms with Crippen LogP contribution >= 0.6 is 0 Å². The zero-order valence-corrected chi connectivity index (χ0v) is 16.0. The van der Waals surface area contributed by atoms with Gasteiger partial charge in [0.1, 0.15) is 5.75 Å². The first-order chi connectivity index (χ1) is 13.2. The summed E-state index contributed by atoms with van der Waals surface area (Å²) in [5.74, 6) is 1.91. The van der Waals surface area contributed by atoms with E-state index in [4.69, 9.17) is 4.74 Å². The lowest BCUT2D eigenvalue weighted by atomic mass is 9.81. The van der Waals surface area contributed by atoms with Gasteiger partial charge in [-0.05, 0) is 35.7 Å². The maximum atomic E-state index is 12.2. The molecule has 0 saturated carbocycles. The number of methoxy groups -OCH3 is 1. The molecule has 1 aromatic carbocycles. The normalized spacial score (nSPS) is 25.3. The van der Waals surface area contributed by atoms with Gasteiger partial charge in [-0.15, -0.1) is 0 Å². The van der Waals surface area contributed by atoms with Crippen molar-refractivity contribution in [2.75, 3.05) is 26.7 Å². The number of pyridine rings is 1. The Labute approximate surface area is 161 Å². The number of aromatic nitrogens is 1. The van der Waals surface area contributed by atoms with Crippen LogP contribution in [0.4, 0.5) is 0 Å². The third-order valence-electron chi connectivity index (χ3n) is 6.09. The molecular formula is C22H27N3O2. The first-order valence-electron chi connectivity index (χ1n) is 9.68. The fourth-order valence-electron chi connectivity index (χ4n) is 4.76. The molecule has 0 bridgehead atoms. The van der Waals surface area contributed by atoms with Gasteiger partial charge in [0.2, 0.25) is 5.91 Å². The Morgan fingerprint density at radius 2 is 2.04 bits per heavy atom. The van der Waals surface area contributed by atoms with Crippen molar-refractivity contribution in [2.45, 2.75) is 31.8 Å². The summed E-state index contributed by atoms with van der Waals surface area (Å²) in [7, 11) is 1.69. The van der Waals surface area contributed by atoms with Crippen molar-refractivity contribution in [1.82, 2.24) is 14.8 Å². The van der Waals surface area contributed by atoms with Gasteiger partial charge >= 0.3 is 0 Å². The quantitative estimate of drug-likeness (QED) is 0.836. The molecule has 0 N–H and O–H groups in total. The summed E-state index contributed by atoms with van der Waals surface area (Å²) < 4.78 is 5.30. The standard InChI is InChI=1S/C22H27N3O2/c1-16(26)25-15-20(18-5-7-19(27-2)8-6-18)21-14-24(11-9-22(21)25)13-17-4-3-10-23-12-17/h3-8,10,12,20-22H,9,11,13-15H2,1-2H3/t20-,21-,22-/m1/s1. The van der Waals surface area contributed by atoms with Gasteiger partial charge in [0.15, 0.2) is 0 Å². The number of amides is 1. The molecule has 0 spiro atoms. The Hall–Kier alpha value is -2.40. The summed E-state index contributed by atoms with van der Waals surface area (Å²) >= 11 is 0. The highest BCUT2D eigenvalue weighted by molar-refractivity contribution is 5.74. The zero-order valence-electron chi connectivity index (χ0n) is 16.0. The smallest absolute Gasteiger partial charge is 0.219 e. The fraction of sp³-hybridized carbons (Fsp3) is 0.455. The van der Waals surface area contributed by atoms with E-state index >= 15 is 0 Å². The van der Waals surface area contributed by atoms with Crippen molar-refractivity contribution >= 4 is 5.91 Å². The van der Waals surface area contributed by atoms with Crippen LogP contribution in [0.25, 0.3) is 0 Å². The Balaban J connectivity index is 1.55. The number of benzene rings is 1. The number of hydrogen-bond donors (Lipinski definition) is 0. The highest BCUT2D eigenvalue weighted by atomic mass is 16.5. The molecule has 3 heterocycles. The fourth-order valence-corrected chi connectivity index (χ4v) is 4.76. The van der Waals surface area contributed by atoms with Crippen LogP contribution in [-0.2, 0) is 11.3 Å². The average molecular weight is 365 g/mol. The van der Waals surface area contributed by atoms with Gasteiger partial charge < -0.3 is 9.64 Å². The molecule has 0 aliphatic carbocycles. The summed E-state index contributed by atoms with van der Waals surface area (Å²) in [6.45, 7) is 5.48. The van der Waals surface area contributed by atoms with Crippen molar-refractivity contribution in [1.29, 1.82) is 0 Å². The Bertz CT molecular complexity index is 778. The third kappa shape index (κ3) is 3.69. The summed E-state index contributed by atoms with van der Waals surface area (Å²) in [5.41, 5.74) is 2.55. The Morgan fingerprint density at radius 1 is 1.22 bits per heavy atom. The van der Waals surface area contributed by atoms with Crippen molar-refractivity contribution < 1.29 is 9.53 Å². The number of hydrogen-bond acceptors (Lipinski definition) is 4. The molecule has 2 aliphatic rings. The summed E-state index contributed by atoms with van der Waals surface area (Å²) in [6, 6.07) is 12.8. The van der Waals surface area contributed by atoms with Gasteiger partial charge in [0.05, 0.1) is 7.11 Å². The molecule has 4 rings (SSSR count). The molecule has 5 nitrogen and oxygen atoms in total. The summed E-state index contributed by atoms with van der Waals surface area (Å²) in [6.07, 6.45) is 4.80. The monoisotopic (exact) mass is 365 g/mol. The van der Waals surface area contributed by atoms with Crippen molar-refractivity contribution in [3.63, 3.8) is 0 Å². The number of ether oxygens (including phenoxy) is 1. The SMILES string of the molecule is COc1ccc([C@H]2CN(C(C)=O)[C@@H]3CCN(Cc4cccnc4)C[C@H]23)cc1. The highest BCUT2D eigenvalue weighted by Crippen LogP contribution is 2.42. The van der Waals surface area contributed by atoms with Crippen LogP contribution in [0.2, 0.25) is 0 Å². The van der Waals surface area contributed by atoms with E-state index in [1.165, 1.54) is 11.1 Å². The van der Waals surface area contributed by atoms with Crippen LogP contribution < -0.4 is 4.74 Å². The molecule has 5 heteroatoms. The van der Waals surface area contributed by atoms with Gasteiger partial charge in [-0.3, -0.25) is 14.7 Å². The molecule has 2 aromatic rings. The highest BCUT2D eigenvalue weighted by Gasteiger charge is 2.46. The minimum Gasteiger partial charge on any atom is -0.497 e. The van der Waals surface area contributed by atoms with Gasteiger partial charge in [-0.1, -0.05) is 18.2 Å². The van der Waals surface area contributed by atoms with Gasteiger partial charge in [0, 0.05) is 63.4 Å². The second kappa shape index (κ2) is 7.69. The lowest BCUT2D eigenvalue weighted by Crippen LogP contribution is -2.47. The Morgan fingerprint density at radius 3 is 2.70 bits per heavy atom. The van der Waals surface area contributed by atoms with Crippen LogP contribution in [0.1, 0.15) is 30.4 Å². The molecular weight excluding hydrogens is 338 g/mol. The van der Waals surface area contributed by atoms with Crippen molar-refractivity contribution in [3.05, 3.63) is 59.9 Å². The van der Waals surface area contributed by atoms with Crippen LogP contribution in [0.15, 0.2) is 48.8 Å². The second-order valence-electron chi connectivity index (χ2n) is 7.67. The first kappa shape index (κ1) is 18.0. The third-order valence-corrected chi connectivity index (χ3v) is 6.09. The number of likely N-dealkylation sites (tertiary alicyclic amines) is 2. The predicted molar refractivity (Wildman–Crippen MR) is 105 cm³/mol. The lowest BCUT2D eigenvalue weighted by Gasteiger charge is -2.38. The van der Waals surface area contributed by atoms with E-state index in [1.54, 1.807) is 14.0 Å². The molecule has 2 fully saturated rings. The van der Waals surface area contributed by atoms with Gasteiger partial charge in [-0.2, -0.15) is 0 Å². The van der Waals surface area contributed by atoms with E-state index in [0.29, 0.717) is 17.9 Å². The van der Waals surface area contributed by atoms with E-state index in [9.17, 15) is 4.79 Å². The van der Waals surface area contributed by atoms with E-state index < -0.39 is 0 Å². The molecule has 2 aliphatic heterocycles. The van der Waals surface area contributed by atoms with Crippen LogP contribution in [-0.4, -0.2) is 53.5 Å². The first-order valence-corrected chi connectivity index (χ1v) is 9.68. The number of rotatable bonds is 4. The molecule has 0 unspecified atom stereocenters. The topological polar surface area (TPSA) is 45.7 Å². The largest absolute Gasteiger partial charge is 0.497 e. The van der Waals surface area contributed by atoms with Gasteiger partial charge in [-0.25, -0.2) is 0 Å². The number of carbonyl (C=O) groups excluding carboxylic acids is 1. The molecule has 0 radical (unpaired) electrons. The van der Waals surface area contributed by atoms with E-state index in [1.807, 2.05) is 30.6 Å².